The van der Waals surface area contributed by atoms with E-state index in [0.29, 0.717) is 23.0 Å². The second kappa shape index (κ2) is 7.69. The molecule has 1 aliphatic carbocycles. The van der Waals surface area contributed by atoms with Crippen LogP contribution in [0, 0.1) is 0 Å². The fourth-order valence-electron chi connectivity index (χ4n) is 3.33. The molecule has 3 rings (SSSR count). The van der Waals surface area contributed by atoms with Crippen molar-refractivity contribution in [3.8, 4) is 0 Å². The average molecular weight is 358 g/mol. The minimum absolute atomic E-state index is 0. The van der Waals surface area contributed by atoms with Crippen molar-refractivity contribution >= 4 is 35.5 Å². The molecule has 1 saturated carbocycles. The molecule has 0 aliphatic heterocycles. The molecule has 0 aromatic carbocycles. The van der Waals surface area contributed by atoms with E-state index in [-0.39, 0.29) is 12.4 Å². The summed E-state index contributed by atoms with van der Waals surface area (Å²) in [6.45, 7) is 4.39. The third kappa shape index (κ3) is 3.73. The van der Waals surface area contributed by atoms with Gasteiger partial charge >= 0.3 is 0 Å². The first kappa shape index (κ1) is 18.3. The minimum atomic E-state index is 0. The van der Waals surface area contributed by atoms with Gasteiger partial charge in [0.15, 0.2) is 5.65 Å². The Morgan fingerprint density at radius 3 is 2.74 bits per heavy atom. The molecule has 23 heavy (non-hydrogen) atoms. The second-order valence-electron chi connectivity index (χ2n) is 6.22. The summed E-state index contributed by atoms with van der Waals surface area (Å²) < 4.78 is 1.80. The van der Waals surface area contributed by atoms with Crippen LogP contribution in [0.5, 0.6) is 0 Å². The lowest BCUT2D eigenvalue weighted by Crippen LogP contribution is -2.22. The number of rotatable bonds is 5. The van der Waals surface area contributed by atoms with Gasteiger partial charge in [0.1, 0.15) is 10.8 Å². The third-order valence-electron chi connectivity index (χ3n) is 4.68. The van der Waals surface area contributed by atoms with E-state index < -0.39 is 0 Å². The summed E-state index contributed by atoms with van der Waals surface area (Å²) in [5.74, 6) is 1.42. The summed E-state index contributed by atoms with van der Waals surface area (Å²) in [6, 6.07) is 2.82. The van der Waals surface area contributed by atoms with E-state index in [9.17, 15) is 0 Å². The molecule has 2 heterocycles. The van der Waals surface area contributed by atoms with Crippen molar-refractivity contribution in [3.05, 3.63) is 23.0 Å². The number of fused-ring (bicyclic) bond motifs is 1. The predicted molar refractivity (Wildman–Crippen MR) is 97.8 cm³/mol. The van der Waals surface area contributed by atoms with E-state index in [1.807, 2.05) is 0 Å². The van der Waals surface area contributed by atoms with E-state index in [4.69, 9.17) is 22.3 Å². The van der Waals surface area contributed by atoms with Crippen LogP contribution in [-0.2, 0) is 0 Å². The van der Waals surface area contributed by atoms with Crippen LogP contribution in [0.4, 0.5) is 5.82 Å². The Balaban J connectivity index is 0.00000192. The topological polar surface area (TPSA) is 68.2 Å². The van der Waals surface area contributed by atoms with Gasteiger partial charge in [-0.1, -0.05) is 25.4 Å². The van der Waals surface area contributed by atoms with E-state index in [0.717, 1.165) is 49.3 Å². The fraction of sp³-hybridized carbons (Fsp3) is 0.625. The summed E-state index contributed by atoms with van der Waals surface area (Å²) in [4.78, 5) is 4.73. The van der Waals surface area contributed by atoms with Crippen LogP contribution in [0.2, 0.25) is 5.02 Å². The van der Waals surface area contributed by atoms with Crippen LogP contribution in [0.3, 0.4) is 0 Å². The number of aromatic nitrogens is 3. The summed E-state index contributed by atoms with van der Waals surface area (Å²) in [6.07, 6.45) is 6.97. The van der Waals surface area contributed by atoms with Gasteiger partial charge in [0.2, 0.25) is 0 Å². The molecule has 2 atom stereocenters. The maximum absolute atomic E-state index is 6.25. The van der Waals surface area contributed by atoms with Gasteiger partial charge in [-0.3, -0.25) is 0 Å². The van der Waals surface area contributed by atoms with Gasteiger partial charge in [-0.25, -0.2) is 4.98 Å². The molecule has 128 valence electrons. The summed E-state index contributed by atoms with van der Waals surface area (Å²) >= 11 is 6.25. The molecule has 5 nitrogen and oxygen atoms in total. The molecule has 2 aromatic rings. The summed E-state index contributed by atoms with van der Waals surface area (Å²) in [5, 5.41) is 8.55. The van der Waals surface area contributed by atoms with E-state index in [1.54, 1.807) is 10.7 Å². The van der Waals surface area contributed by atoms with Crippen molar-refractivity contribution in [3.63, 3.8) is 0 Å². The first-order chi connectivity index (χ1) is 10.6. The number of halogens is 2. The lowest BCUT2D eigenvalue weighted by Gasteiger charge is -2.18. The smallest absolute Gasteiger partial charge is 0.176 e. The lowest BCUT2D eigenvalue weighted by atomic mass is 9.99. The van der Waals surface area contributed by atoms with Gasteiger partial charge in [-0.05, 0) is 32.1 Å². The van der Waals surface area contributed by atoms with Crippen molar-refractivity contribution in [2.75, 3.05) is 5.32 Å². The highest BCUT2D eigenvalue weighted by Gasteiger charge is 2.23. The van der Waals surface area contributed by atoms with Crippen molar-refractivity contribution in [1.82, 2.24) is 14.6 Å². The number of hydrogen-bond donors (Lipinski definition) is 2. The van der Waals surface area contributed by atoms with Crippen molar-refractivity contribution in [1.29, 1.82) is 0 Å². The predicted octanol–water partition coefficient (Wildman–Crippen LogP) is 4.00. The third-order valence-corrected chi connectivity index (χ3v) is 4.94. The summed E-state index contributed by atoms with van der Waals surface area (Å²) in [7, 11) is 0. The maximum atomic E-state index is 6.25. The van der Waals surface area contributed by atoms with Gasteiger partial charge in [0.05, 0.1) is 6.20 Å². The van der Waals surface area contributed by atoms with Crippen LogP contribution in [0.25, 0.3) is 5.65 Å². The molecule has 2 aromatic heterocycles. The van der Waals surface area contributed by atoms with Crippen LogP contribution >= 0.6 is 24.0 Å². The van der Waals surface area contributed by atoms with Gasteiger partial charge in [0, 0.05) is 29.8 Å². The molecule has 7 heteroatoms. The molecule has 1 fully saturated rings. The highest BCUT2D eigenvalue weighted by atomic mass is 35.5. The van der Waals surface area contributed by atoms with Crippen molar-refractivity contribution in [2.45, 2.75) is 64.0 Å². The van der Waals surface area contributed by atoms with Gasteiger partial charge in [-0.2, -0.15) is 9.61 Å². The van der Waals surface area contributed by atoms with E-state index >= 15 is 0 Å². The highest BCUT2D eigenvalue weighted by Crippen LogP contribution is 2.29. The number of nitrogens with zero attached hydrogens (tertiary/aromatic N) is 3. The van der Waals surface area contributed by atoms with Gasteiger partial charge < -0.3 is 11.1 Å². The molecule has 1 aliphatic rings. The van der Waals surface area contributed by atoms with Crippen LogP contribution in [0.15, 0.2) is 12.3 Å². The Kier molecular flexibility index (Phi) is 6.12. The molecule has 0 saturated heterocycles. The standard InChI is InChI=1S/C16H24ClN5.ClH/c1-3-10(4-2)14-8-15(20-12-6-5-11(18)7-12)22-16(21-14)13(17)9-19-22;/h8-12,20H,3-7,18H2,1-2H3;1H. The molecule has 3 N–H and O–H groups in total. The average Bonchev–Trinajstić information content (AvgIpc) is 3.07. The quantitative estimate of drug-likeness (QED) is 0.848. The molecule has 0 bridgehead atoms. The first-order valence-corrected chi connectivity index (χ1v) is 8.56. The normalized spacial score (nSPS) is 20.9. The second-order valence-corrected chi connectivity index (χ2v) is 6.63. The van der Waals surface area contributed by atoms with E-state index in [2.05, 4.69) is 30.3 Å². The van der Waals surface area contributed by atoms with Crippen molar-refractivity contribution in [2.24, 2.45) is 5.73 Å². The zero-order chi connectivity index (χ0) is 15.7. The molecular formula is C16H25Cl2N5. The SMILES string of the molecule is CCC(CC)c1cc(NC2CCC(N)C2)n2ncc(Cl)c2n1.Cl. The molecule has 0 radical (unpaired) electrons. The zero-order valence-corrected chi connectivity index (χ0v) is 15.2. The number of hydrogen-bond acceptors (Lipinski definition) is 4. The Morgan fingerprint density at radius 1 is 1.39 bits per heavy atom. The van der Waals surface area contributed by atoms with Gasteiger partial charge in [0.25, 0.3) is 0 Å². The maximum Gasteiger partial charge on any atom is 0.176 e. The number of anilines is 1. The Bertz CT molecular complexity index is 653. The summed E-state index contributed by atoms with van der Waals surface area (Å²) in [5.41, 5.74) is 7.84. The molecular weight excluding hydrogens is 333 g/mol. The van der Waals surface area contributed by atoms with Gasteiger partial charge in [-0.15, -0.1) is 12.4 Å². The number of nitrogens with one attached hydrogen (secondary N) is 1. The van der Waals surface area contributed by atoms with Crippen molar-refractivity contribution < 1.29 is 0 Å². The number of nitrogens with two attached hydrogens (primary N) is 1. The largest absolute Gasteiger partial charge is 0.367 e. The first-order valence-electron chi connectivity index (χ1n) is 8.18. The Hall–Kier alpha value is -1.04. The van der Waals surface area contributed by atoms with Crippen LogP contribution in [0.1, 0.15) is 57.6 Å². The molecule has 0 spiro atoms. The van der Waals surface area contributed by atoms with Crippen LogP contribution < -0.4 is 11.1 Å². The zero-order valence-electron chi connectivity index (χ0n) is 13.6. The monoisotopic (exact) mass is 357 g/mol. The fourth-order valence-corrected chi connectivity index (χ4v) is 3.50. The Morgan fingerprint density at radius 2 is 2.13 bits per heavy atom. The molecule has 0 amide bonds. The van der Waals surface area contributed by atoms with Crippen LogP contribution in [-0.4, -0.2) is 26.7 Å². The lowest BCUT2D eigenvalue weighted by molar-refractivity contribution is 0.621. The molecule has 2 unspecified atom stereocenters. The highest BCUT2D eigenvalue weighted by molar-refractivity contribution is 6.33. The minimum Gasteiger partial charge on any atom is -0.367 e. The Labute approximate surface area is 148 Å². The van der Waals surface area contributed by atoms with E-state index in [1.165, 1.54) is 0 Å².